The molecule has 0 fully saturated rings. The van der Waals surface area contributed by atoms with Crippen LogP contribution in [-0.4, -0.2) is 11.7 Å². The molecule has 15 heavy (non-hydrogen) atoms. The van der Waals surface area contributed by atoms with E-state index in [4.69, 9.17) is 27.9 Å². The summed E-state index contributed by atoms with van der Waals surface area (Å²) >= 11 is 17.3. The highest BCUT2D eigenvalue weighted by Gasteiger charge is 2.06. The molecule has 0 aliphatic rings. The third-order valence-electron chi connectivity index (χ3n) is 1.48. The van der Waals surface area contributed by atoms with Gasteiger partial charge in [-0.3, -0.25) is 0 Å². The van der Waals surface area contributed by atoms with Crippen LogP contribution in [0.5, 0.6) is 11.5 Å². The number of phenolic OH excluding ortho intramolecular Hbond substituents is 1. The van der Waals surface area contributed by atoms with Gasteiger partial charge >= 0.3 is 0 Å². The molecule has 0 aromatic heterocycles. The van der Waals surface area contributed by atoms with Crippen molar-refractivity contribution in [2.45, 2.75) is 0 Å². The van der Waals surface area contributed by atoms with Crippen molar-refractivity contribution in [3.8, 4) is 11.5 Å². The quantitative estimate of drug-likeness (QED) is 0.834. The Kier molecular flexibility index (Phi) is 5.26. The van der Waals surface area contributed by atoms with Crippen LogP contribution in [0.1, 0.15) is 0 Å². The number of halogens is 4. The van der Waals surface area contributed by atoms with Gasteiger partial charge in [0.05, 0.1) is 8.95 Å². The molecule has 1 aromatic rings. The zero-order valence-corrected chi connectivity index (χ0v) is 12.0. The highest BCUT2D eigenvalue weighted by molar-refractivity contribution is 9.11. The molecule has 0 bridgehead atoms. The third kappa shape index (κ3) is 4.23. The molecule has 0 saturated heterocycles. The second kappa shape index (κ2) is 5.99. The van der Waals surface area contributed by atoms with E-state index in [-0.39, 0.29) is 16.8 Å². The Morgan fingerprint density at radius 2 is 2.00 bits per heavy atom. The Bertz CT molecular complexity index is 390. The summed E-state index contributed by atoms with van der Waals surface area (Å²) in [5.74, 6) is 0.727. The molecule has 0 unspecified atom stereocenters. The molecule has 0 aliphatic heterocycles. The van der Waals surface area contributed by atoms with Crippen LogP contribution in [0.4, 0.5) is 0 Å². The number of hydrogen-bond donors (Lipinski definition) is 1. The Hall–Kier alpha value is 0.1000. The number of benzene rings is 1. The lowest BCUT2D eigenvalue weighted by Gasteiger charge is -2.07. The van der Waals surface area contributed by atoms with Crippen LogP contribution in [0.15, 0.2) is 31.6 Å². The number of hydrogen-bond acceptors (Lipinski definition) is 2. The van der Waals surface area contributed by atoms with Crippen LogP contribution in [0.2, 0.25) is 0 Å². The van der Waals surface area contributed by atoms with E-state index >= 15 is 0 Å². The van der Waals surface area contributed by atoms with E-state index in [1.54, 1.807) is 6.07 Å². The van der Waals surface area contributed by atoms with Crippen molar-refractivity contribution in [1.29, 1.82) is 0 Å². The van der Waals surface area contributed by atoms with E-state index in [0.29, 0.717) is 14.7 Å². The molecule has 0 radical (unpaired) electrons. The number of rotatable bonds is 3. The summed E-state index contributed by atoms with van der Waals surface area (Å²) in [6.45, 7) is 0.262. The molecular weight excluding hydrogens is 371 g/mol. The normalized spacial score (nSPS) is 9.87. The monoisotopic (exact) mass is 374 g/mol. The fourth-order valence-corrected chi connectivity index (χ4v) is 1.72. The van der Waals surface area contributed by atoms with Gasteiger partial charge in [-0.25, -0.2) is 0 Å². The van der Waals surface area contributed by atoms with Gasteiger partial charge in [0.15, 0.2) is 0 Å². The first-order valence-corrected chi connectivity index (χ1v) is 6.17. The number of ether oxygens (including phenoxy) is 1. The molecule has 2 nitrogen and oxygen atoms in total. The Morgan fingerprint density at radius 3 is 2.60 bits per heavy atom. The molecule has 82 valence electrons. The molecule has 1 rings (SSSR count). The highest BCUT2D eigenvalue weighted by Crippen LogP contribution is 2.35. The first-order valence-electron chi connectivity index (χ1n) is 3.82. The summed E-state index contributed by atoms with van der Waals surface area (Å²) in [5, 5.41) is 9.35. The predicted octanol–water partition coefficient (Wildman–Crippen LogP) is 4.62. The smallest absolute Gasteiger partial charge is 0.135 e. The number of aromatic hydroxyl groups is 1. The fraction of sp³-hybridized carbons (Fsp3) is 0.111. The van der Waals surface area contributed by atoms with Crippen LogP contribution in [0.25, 0.3) is 0 Å². The van der Waals surface area contributed by atoms with Crippen LogP contribution in [0, 0.1) is 0 Å². The van der Waals surface area contributed by atoms with Gasteiger partial charge in [-0.2, -0.15) is 0 Å². The van der Waals surface area contributed by atoms with Gasteiger partial charge in [0.2, 0.25) is 0 Å². The van der Waals surface area contributed by atoms with Crippen LogP contribution < -0.4 is 4.74 Å². The minimum atomic E-state index is 0.139. The largest absolute Gasteiger partial charge is 0.507 e. The van der Waals surface area contributed by atoms with E-state index < -0.39 is 0 Å². The van der Waals surface area contributed by atoms with Crippen LogP contribution in [0.3, 0.4) is 0 Å². The molecular formula is C9H6Br2Cl2O2. The maximum absolute atomic E-state index is 9.35. The minimum absolute atomic E-state index is 0.139. The Morgan fingerprint density at radius 1 is 1.33 bits per heavy atom. The second-order valence-electron chi connectivity index (χ2n) is 2.54. The molecule has 0 spiro atoms. The van der Waals surface area contributed by atoms with Crippen molar-refractivity contribution in [2.75, 3.05) is 6.61 Å². The van der Waals surface area contributed by atoms with Gasteiger partial charge in [-0.05, 0) is 50.1 Å². The average Bonchev–Trinajstić information content (AvgIpc) is 2.13. The van der Waals surface area contributed by atoms with Crippen molar-refractivity contribution in [3.63, 3.8) is 0 Å². The van der Waals surface area contributed by atoms with Crippen molar-refractivity contribution >= 4 is 55.1 Å². The molecule has 1 aromatic carbocycles. The summed E-state index contributed by atoms with van der Waals surface area (Å²) < 4.78 is 6.72. The first kappa shape index (κ1) is 13.2. The number of phenols is 1. The van der Waals surface area contributed by atoms with Crippen molar-refractivity contribution in [1.82, 2.24) is 0 Å². The summed E-state index contributed by atoms with van der Waals surface area (Å²) in [7, 11) is 0. The molecule has 0 aliphatic carbocycles. The van der Waals surface area contributed by atoms with Crippen LogP contribution >= 0.6 is 55.1 Å². The lowest BCUT2D eigenvalue weighted by atomic mass is 10.3. The fourth-order valence-electron chi connectivity index (χ4n) is 0.823. The van der Waals surface area contributed by atoms with Crippen LogP contribution in [-0.2, 0) is 0 Å². The van der Waals surface area contributed by atoms with Gasteiger partial charge in [0, 0.05) is 0 Å². The third-order valence-corrected chi connectivity index (χ3v) is 3.04. The summed E-state index contributed by atoms with van der Waals surface area (Å²) in [4.78, 5) is 0. The molecule has 0 amide bonds. The van der Waals surface area contributed by atoms with Gasteiger partial charge in [-0.15, -0.1) is 0 Å². The molecule has 0 saturated carbocycles. The van der Waals surface area contributed by atoms with E-state index in [1.807, 2.05) is 0 Å². The van der Waals surface area contributed by atoms with Gasteiger partial charge in [0.25, 0.3) is 0 Å². The maximum atomic E-state index is 9.35. The maximum Gasteiger partial charge on any atom is 0.135 e. The molecule has 6 heteroatoms. The van der Waals surface area contributed by atoms with Crippen molar-refractivity contribution in [2.24, 2.45) is 0 Å². The summed E-state index contributed by atoms with van der Waals surface area (Å²) in [6, 6.07) is 3.18. The second-order valence-corrected chi connectivity index (χ2v) is 5.26. The summed E-state index contributed by atoms with van der Waals surface area (Å²) in [5.41, 5.74) is 0. The van der Waals surface area contributed by atoms with E-state index in [2.05, 4.69) is 31.9 Å². The standard InChI is InChI=1S/C9H6Br2Cl2O2/c10-5-4-8(6(11)3-7(5)14)15-2-1-9(12)13/h1,3-4,14H,2H2. The molecule has 0 heterocycles. The van der Waals surface area contributed by atoms with E-state index in [0.717, 1.165) is 0 Å². The minimum Gasteiger partial charge on any atom is -0.507 e. The Labute approximate surface area is 114 Å². The lowest BCUT2D eigenvalue weighted by molar-refractivity contribution is 0.359. The van der Waals surface area contributed by atoms with Crippen molar-refractivity contribution in [3.05, 3.63) is 31.6 Å². The van der Waals surface area contributed by atoms with Gasteiger partial charge < -0.3 is 9.84 Å². The van der Waals surface area contributed by atoms with Crippen molar-refractivity contribution < 1.29 is 9.84 Å². The zero-order valence-electron chi connectivity index (χ0n) is 7.31. The zero-order chi connectivity index (χ0) is 11.4. The lowest BCUT2D eigenvalue weighted by Crippen LogP contribution is -1.94. The molecule has 1 N–H and O–H groups in total. The van der Waals surface area contributed by atoms with E-state index in [1.165, 1.54) is 12.1 Å². The average molecular weight is 377 g/mol. The SMILES string of the molecule is Oc1cc(Br)c(OCC=C(Cl)Cl)cc1Br. The highest BCUT2D eigenvalue weighted by atomic mass is 79.9. The topological polar surface area (TPSA) is 29.5 Å². The van der Waals surface area contributed by atoms with Gasteiger partial charge in [-0.1, -0.05) is 23.2 Å². The van der Waals surface area contributed by atoms with Gasteiger partial charge in [0.1, 0.15) is 22.6 Å². The Balaban J connectivity index is 2.77. The molecule has 0 atom stereocenters. The first-order chi connectivity index (χ1) is 7.00. The summed E-state index contributed by atoms with van der Waals surface area (Å²) in [6.07, 6.45) is 1.52. The predicted molar refractivity (Wildman–Crippen MR) is 68.8 cm³/mol. The van der Waals surface area contributed by atoms with E-state index in [9.17, 15) is 5.11 Å².